The number of aryl methyl sites for hydroxylation is 1. The highest BCUT2D eigenvalue weighted by Crippen LogP contribution is 2.24. The van der Waals surface area contributed by atoms with Gasteiger partial charge in [0.05, 0.1) is 22.4 Å². The molecule has 2 rings (SSSR count). The summed E-state index contributed by atoms with van der Waals surface area (Å²) in [5, 5.41) is 4.18. The SMILES string of the molecule is Cn1ncc(Br)c1C(N)Cc1ccc(Br)cc1. The standard InChI is InChI=1S/C12H13Br2N3/c1-17-12(10(14)7-16-17)11(15)6-8-2-4-9(13)5-3-8/h2-5,7,11H,6,15H2,1H3. The molecule has 1 unspecified atom stereocenters. The first-order valence-corrected chi connectivity index (χ1v) is 6.84. The zero-order chi connectivity index (χ0) is 12.4. The fourth-order valence-corrected chi connectivity index (χ4v) is 2.71. The molecule has 2 N–H and O–H groups in total. The molecule has 3 nitrogen and oxygen atoms in total. The Morgan fingerprint density at radius 1 is 1.29 bits per heavy atom. The molecule has 0 aliphatic heterocycles. The number of aromatic nitrogens is 2. The van der Waals surface area contributed by atoms with Gasteiger partial charge in [-0.05, 0) is 40.0 Å². The van der Waals surface area contributed by atoms with E-state index in [9.17, 15) is 0 Å². The zero-order valence-corrected chi connectivity index (χ0v) is 12.6. The van der Waals surface area contributed by atoms with Crippen molar-refractivity contribution in [3.63, 3.8) is 0 Å². The molecule has 0 fully saturated rings. The Bertz CT molecular complexity index is 485. The molecule has 0 saturated carbocycles. The molecule has 0 amide bonds. The van der Waals surface area contributed by atoms with Gasteiger partial charge in [0.2, 0.25) is 0 Å². The van der Waals surface area contributed by atoms with E-state index < -0.39 is 0 Å². The fraction of sp³-hybridized carbons (Fsp3) is 0.250. The molecule has 1 atom stereocenters. The summed E-state index contributed by atoms with van der Waals surface area (Å²) in [5.74, 6) is 0. The van der Waals surface area contributed by atoms with Crippen molar-refractivity contribution in [2.24, 2.45) is 12.8 Å². The zero-order valence-electron chi connectivity index (χ0n) is 9.40. The quantitative estimate of drug-likeness (QED) is 0.915. The van der Waals surface area contributed by atoms with Crippen LogP contribution in [-0.2, 0) is 13.5 Å². The van der Waals surface area contributed by atoms with Gasteiger partial charge >= 0.3 is 0 Å². The van der Waals surface area contributed by atoms with Crippen LogP contribution in [0.2, 0.25) is 0 Å². The summed E-state index contributed by atoms with van der Waals surface area (Å²) in [6.07, 6.45) is 2.57. The van der Waals surface area contributed by atoms with Crippen LogP contribution in [0.3, 0.4) is 0 Å². The largest absolute Gasteiger partial charge is 0.322 e. The first-order chi connectivity index (χ1) is 8.08. The minimum atomic E-state index is -0.0574. The minimum absolute atomic E-state index is 0.0574. The lowest BCUT2D eigenvalue weighted by Gasteiger charge is -2.13. The van der Waals surface area contributed by atoms with Crippen LogP contribution < -0.4 is 5.73 Å². The summed E-state index contributed by atoms with van der Waals surface area (Å²) in [4.78, 5) is 0. The number of nitrogens with two attached hydrogens (primary N) is 1. The lowest BCUT2D eigenvalue weighted by Crippen LogP contribution is -2.17. The van der Waals surface area contributed by atoms with Crippen LogP contribution in [-0.4, -0.2) is 9.78 Å². The van der Waals surface area contributed by atoms with Gasteiger partial charge in [-0.3, -0.25) is 4.68 Å². The molecule has 17 heavy (non-hydrogen) atoms. The van der Waals surface area contributed by atoms with Crippen molar-refractivity contribution >= 4 is 31.9 Å². The van der Waals surface area contributed by atoms with Crippen LogP contribution in [0.4, 0.5) is 0 Å². The number of hydrogen-bond donors (Lipinski definition) is 1. The smallest absolute Gasteiger partial charge is 0.0693 e. The molecule has 1 heterocycles. The Morgan fingerprint density at radius 2 is 1.94 bits per heavy atom. The Morgan fingerprint density at radius 3 is 2.47 bits per heavy atom. The molecule has 2 aromatic rings. The van der Waals surface area contributed by atoms with E-state index in [-0.39, 0.29) is 6.04 Å². The summed E-state index contributed by atoms with van der Waals surface area (Å²) < 4.78 is 3.86. The number of rotatable bonds is 3. The van der Waals surface area contributed by atoms with Gasteiger partial charge in [0.1, 0.15) is 0 Å². The topological polar surface area (TPSA) is 43.8 Å². The van der Waals surface area contributed by atoms with Crippen molar-refractivity contribution in [2.45, 2.75) is 12.5 Å². The maximum absolute atomic E-state index is 6.21. The molecular formula is C12H13Br2N3. The molecule has 0 radical (unpaired) electrons. The second kappa shape index (κ2) is 5.33. The Balaban J connectivity index is 2.17. The summed E-state index contributed by atoms with van der Waals surface area (Å²) in [6.45, 7) is 0. The fourth-order valence-electron chi connectivity index (χ4n) is 1.81. The normalized spacial score (nSPS) is 12.7. The number of nitrogens with zero attached hydrogens (tertiary/aromatic N) is 2. The van der Waals surface area contributed by atoms with Crippen molar-refractivity contribution in [3.8, 4) is 0 Å². The molecule has 0 bridgehead atoms. The van der Waals surface area contributed by atoms with Gasteiger partial charge in [-0.25, -0.2) is 0 Å². The van der Waals surface area contributed by atoms with Crippen molar-refractivity contribution < 1.29 is 0 Å². The van der Waals surface area contributed by atoms with Gasteiger partial charge in [0.15, 0.2) is 0 Å². The molecule has 5 heteroatoms. The Labute approximate surface area is 117 Å². The first kappa shape index (κ1) is 12.8. The predicted molar refractivity (Wildman–Crippen MR) is 75.7 cm³/mol. The summed E-state index contributed by atoms with van der Waals surface area (Å²) >= 11 is 6.89. The van der Waals surface area contributed by atoms with Gasteiger partial charge in [0.25, 0.3) is 0 Å². The average molecular weight is 359 g/mol. The summed E-state index contributed by atoms with van der Waals surface area (Å²) in [7, 11) is 1.90. The molecule has 0 saturated heterocycles. The molecule has 0 aliphatic carbocycles. The monoisotopic (exact) mass is 357 g/mol. The second-order valence-corrected chi connectivity index (χ2v) is 5.71. The number of hydrogen-bond acceptors (Lipinski definition) is 2. The maximum atomic E-state index is 6.21. The predicted octanol–water partition coefficient (Wildman–Crippen LogP) is 3.19. The van der Waals surface area contributed by atoms with E-state index in [0.29, 0.717) is 0 Å². The molecule has 1 aromatic carbocycles. The number of benzene rings is 1. The van der Waals surface area contributed by atoms with Gasteiger partial charge in [-0.2, -0.15) is 5.10 Å². The van der Waals surface area contributed by atoms with Crippen LogP contribution in [0.5, 0.6) is 0 Å². The summed E-state index contributed by atoms with van der Waals surface area (Å²) in [6, 6.07) is 8.15. The van der Waals surface area contributed by atoms with Crippen LogP contribution in [0, 0.1) is 0 Å². The third-order valence-electron chi connectivity index (χ3n) is 2.66. The van der Waals surface area contributed by atoms with E-state index in [4.69, 9.17) is 5.73 Å². The van der Waals surface area contributed by atoms with Crippen LogP contribution >= 0.6 is 31.9 Å². The Kier molecular flexibility index (Phi) is 4.01. The first-order valence-electron chi connectivity index (χ1n) is 5.25. The molecule has 90 valence electrons. The highest BCUT2D eigenvalue weighted by Gasteiger charge is 2.15. The van der Waals surface area contributed by atoms with Gasteiger partial charge < -0.3 is 5.73 Å². The Hall–Kier alpha value is -0.650. The van der Waals surface area contributed by atoms with E-state index >= 15 is 0 Å². The second-order valence-electron chi connectivity index (χ2n) is 3.94. The van der Waals surface area contributed by atoms with Crippen molar-refractivity contribution in [3.05, 3.63) is 50.7 Å². The lowest BCUT2D eigenvalue weighted by molar-refractivity contribution is 0.615. The third-order valence-corrected chi connectivity index (χ3v) is 3.80. The lowest BCUT2D eigenvalue weighted by atomic mass is 10.0. The maximum Gasteiger partial charge on any atom is 0.0693 e. The van der Waals surface area contributed by atoms with E-state index in [1.54, 1.807) is 6.20 Å². The van der Waals surface area contributed by atoms with Crippen LogP contribution in [0.1, 0.15) is 17.3 Å². The molecule has 0 spiro atoms. The summed E-state index contributed by atoms with van der Waals surface area (Å²) in [5.41, 5.74) is 8.45. The molecule has 0 aliphatic rings. The highest BCUT2D eigenvalue weighted by molar-refractivity contribution is 9.10. The molecular weight excluding hydrogens is 346 g/mol. The van der Waals surface area contributed by atoms with Crippen molar-refractivity contribution in [1.29, 1.82) is 0 Å². The number of halogens is 2. The van der Waals surface area contributed by atoms with Crippen LogP contribution in [0.25, 0.3) is 0 Å². The van der Waals surface area contributed by atoms with Gasteiger partial charge in [0, 0.05) is 11.5 Å². The van der Waals surface area contributed by atoms with E-state index in [1.807, 2.05) is 23.9 Å². The van der Waals surface area contributed by atoms with Crippen molar-refractivity contribution in [1.82, 2.24) is 9.78 Å². The van der Waals surface area contributed by atoms with E-state index in [1.165, 1.54) is 5.56 Å². The van der Waals surface area contributed by atoms with Gasteiger partial charge in [-0.15, -0.1) is 0 Å². The minimum Gasteiger partial charge on any atom is -0.322 e. The average Bonchev–Trinajstić information content (AvgIpc) is 2.62. The van der Waals surface area contributed by atoms with Crippen LogP contribution in [0.15, 0.2) is 39.4 Å². The highest BCUT2D eigenvalue weighted by atomic mass is 79.9. The van der Waals surface area contributed by atoms with E-state index in [0.717, 1.165) is 21.1 Å². The van der Waals surface area contributed by atoms with Crippen molar-refractivity contribution in [2.75, 3.05) is 0 Å². The van der Waals surface area contributed by atoms with E-state index in [2.05, 4.69) is 49.1 Å². The third kappa shape index (κ3) is 2.97. The van der Waals surface area contributed by atoms with Gasteiger partial charge in [-0.1, -0.05) is 28.1 Å². The molecule has 1 aromatic heterocycles.